The van der Waals surface area contributed by atoms with Gasteiger partial charge in [-0.05, 0) is 11.6 Å². The number of aromatic nitrogens is 2. The smallest absolute Gasteiger partial charge is 0.170 e. The van der Waals surface area contributed by atoms with Crippen LogP contribution < -0.4 is 0 Å². The van der Waals surface area contributed by atoms with Crippen LogP contribution in [-0.2, 0) is 6.54 Å². The molecule has 0 saturated heterocycles. The summed E-state index contributed by atoms with van der Waals surface area (Å²) in [6.07, 6.45) is 0.809. The lowest BCUT2D eigenvalue weighted by atomic mass is 10.2. The summed E-state index contributed by atoms with van der Waals surface area (Å²) in [7, 11) is 0. The molecular formula is C15H12N2O. The minimum Gasteiger partial charge on any atom is -0.296 e. The highest BCUT2D eigenvalue weighted by atomic mass is 16.1. The molecule has 88 valence electrons. The highest BCUT2D eigenvalue weighted by molar-refractivity contribution is 5.95. The maximum atomic E-state index is 11.0. The number of rotatable bonds is 3. The van der Waals surface area contributed by atoms with E-state index in [4.69, 9.17) is 0 Å². The molecule has 0 aliphatic heterocycles. The van der Waals surface area contributed by atoms with Gasteiger partial charge >= 0.3 is 0 Å². The van der Waals surface area contributed by atoms with Gasteiger partial charge in [-0.15, -0.1) is 0 Å². The molecule has 0 saturated carbocycles. The molecule has 18 heavy (non-hydrogen) atoms. The molecule has 0 aliphatic rings. The van der Waals surface area contributed by atoms with Gasteiger partial charge in [0.15, 0.2) is 6.29 Å². The third kappa shape index (κ3) is 1.80. The molecule has 0 amide bonds. The van der Waals surface area contributed by atoms with E-state index >= 15 is 0 Å². The zero-order valence-electron chi connectivity index (χ0n) is 9.78. The molecule has 0 aliphatic carbocycles. The molecule has 3 rings (SSSR count). The van der Waals surface area contributed by atoms with Gasteiger partial charge in [0.25, 0.3) is 0 Å². The quantitative estimate of drug-likeness (QED) is 0.655. The van der Waals surface area contributed by atoms with Gasteiger partial charge in [0.1, 0.15) is 5.69 Å². The van der Waals surface area contributed by atoms with E-state index in [1.165, 1.54) is 5.56 Å². The van der Waals surface area contributed by atoms with Crippen LogP contribution in [0.4, 0.5) is 0 Å². The summed E-state index contributed by atoms with van der Waals surface area (Å²) in [6, 6.07) is 17.9. The number of hydrogen-bond acceptors (Lipinski definition) is 2. The van der Waals surface area contributed by atoms with Crippen LogP contribution in [0.2, 0.25) is 0 Å². The predicted molar refractivity (Wildman–Crippen MR) is 70.7 cm³/mol. The van der Waals surface area contributed by atoms with Crippen LogP contribution in [0.25, 0.3) is 10.9 Å². The molecule has 0 unspecified atom stereocenters. The van der Waals surface area contributed by atoms with Crippen LogP contribution in [-0.4, -0.2) is 16.1 Å². The second-order valence-corrected chi connectivity index (χ2v) is 4.16. The monoisotopic (exact) mass is 236 g/mol. The molecule has 0 spiro atoms. The number of aldehydes is 1. The first kappa shape index (κ1) is 10.7. The van der Waals surface area contributed by atoms with Crippen molar-refractivity contribution in [3.8, 4) is 0 Å². The van der Waals surface area contributed by atoms with Crippen molar-refractivity contribution in [2.75, 3.05) is 0 Å². The minimum atomic E-state index is 0.501. The molecule has 0 N–H and O–H groups in total. The largest absolute Gasteiger partial charge is 0.296 e. The maximum absolute atomic E-state index is 11.0. The second kappa shape index (κ2) is 4.45. The average Bonchev–Trinajstić information content (AvgIpc) is 2.78. The highest BCUT2D eigenvalue weighted by Gasteiger charge is 2.08. The van der Waals surface area contributed by atoms with Crippen molar-refractivity contribution in [3.63, 3.8) is 0 Å². The van der Waals surface area contributed by atoms with Crippen molar-refractivity contribution < 1.29 is 4.79 Å². The lowest BCUT2D eigenvalue weighted by molar-refractivity contribution is 0.111. The fraction of sp³-hybridized carbons (Fsp3) is 0.0667. The Balaban J connectivity index is 2.10. The fourth-order valence-electron chi connectivity index (χ4n) is 2.12. The van der Waals surface area contributed by atoms with E-state index in [2.05, 4.69) is 17.2 Å². The topological polar surface area (TPSA) is 34.9 Å². The van der Waals surface area contributed by atoms with E-state index in [9.17, 15) is 4.79 Å². The number of benzene rings is 2. The van der Waals surface area contributed by atoms with Gasteiger partial charge in [0.05, 0.1) is 12.1 Å². The van der Waals surface area contributed by atoms with Crippen LogP contribution in [0, 0.1) is 0 Å². The highest BCUT2D eigenvalue weighted by Crippen LogP contribution is 2.18. The summed E-state index contributed by atoms with van der Waals surface area (Å²) in [5.74, 6) is 0. The van der Waals surface area contributed by atoms with Crippen LogP contribution in [0.15, 0.2) is 54.6 Å². The van der Waals surface area contributed by atoms with Gasteiger partial charge < -0.3 is 0 Å². The Morgan fingerprint density at radius 1 is 1.00 bits per heavy atom. The molecule has 3 nitrogen and oxygen atoms in total. The van der Waals surface area contributed by atoms with E-state index in [0.717, 1.165) is 17.2 Å². The Morgan fingerprint density at radius 3 is 2.50 bits per heavy atom. The van der Waals surface area contributed by atoms with E-state index < -0.39 is 0 Å². The molecule has 1 heterocycles. The molecule has 0 fully saturated rings. The second-order valence-electron chi connectivity index (χ2n) is 4.16. The lowest BCUT2D eigenvalue weighted by Crippen LogP contribution is -2.01. The normalized spacial score (nSPS) is 10.7. The number of nitrogens with zero attached hydrogens (tertiary/aromatic N) is 2. The zero-order chi connectivity index (χ0) is 12.4. The SMILES string of the molecule is O=Cc1nn(Cc2ccccc2)c2ccccc12. The van der Waals surface area contributed by atoms with Gasteiger partial charge in [-0.1, -0.05) is 48.5 Å². The molecule has 1 aromatic heterocycles. The van der Waals surface area contributed by atoms with Gasteiger partial charge in [-0.2, -0.15) is 5.10 Å². The Kier molecular flexibility index (Phi) is 2.65. The summed E-state index contributed by atoms with van der Waals surface area (Å²) in [4.78, 5) is 11.0. The number of para-hydroxylation sites is 1. The van der Waals surface area contributed by atoms with Crippen molar-refractivity contribution in [1.29, 1.82) is 0 Å². The molecule has 2 aromatic carbocycles. The van der Waals surface area contributed by atoms with Gasteiger partial charge in [0, 0.05) is 5.39 Å². The average molecular weight is 236 g/mol. The number of fused-ring (bicyclic) bond motifs is 1. The third-order valence-corrected chi connectivity index (χ3v) is 2.97. The Bertz CT molecular complexity index is 686. The fourth-order valence-corrected chi connectivity index (χ4v) is 2.12. The molecule has 3 aromatic rings. The third-order valence-electron chi connectivity index (χ3n) is 2.97. The summed E-state index contributed by atoms with van der Waals surface area (Å²) in [5.41, 5.74) is 2.66. The first-order valence-electron chi connectivity index (χ1n) is 5.83. The van der Waals surface area contributed by atoms with Crippen LogP contribution >= 0.6 is 0 Å². The molecule has 0 radical (unpaired) electrons. The van der Waals surface area contributed by atoms with E-state index in [1.54, 1.807) is 0 Å². The Morgan fingerprint density at radius 2 is 1.72 bits per heavy atom. The molecule has 0 bridgehead atoms. The van der Waals surface area contributed by atoms with Crippen LogP contribution in [0.5, 0.6) is 0 Å². The van der Waals surface area contributed by atoms with Crippen molar-refractivity contribution in [2.24, 2.45) is 0 Å². The maximum Gasteiger partial charge on any atom is 0.170 e. The van der Waals surface area contributed by atoms with Crippen molar-refractivity contribution >= 4 is 17.2 Å². The van der Waals surface area contributed by atoms with Gasteiger partial charge in [-0.3, -0.25) is 9.48 Å². The number of carbonyl (C=O) groups excluding carboxylic acids is 1. The Labute approximate surface area is 105 Å². The first-order valence-corrected chi connectivity index (χ1v) is 5.83. The lowest BCUT2D eigenvalue weighted by Gasteiger charge is -2.03. The van der Waals surface area contributed by atoms with E-state index in [-0.39, 0.29) is 0 Å². The van der Waals surface area contributed by atoms with Crippen molar-refractivity contribution in [2.45, 2.75) is 6.54 Å². The van der Waals surface area contributed by atoms with Crippen LogP contribution in [0.3, 0.4) is 0 Å². The Hall–Kier alpha value is -2.42. The van der Waals surface area contributed by atoms with Crippen molar-refractivity contribution in [1.82, 2.24) is 9.78 Å². The summed E-state index contributed by atoms with van der Waals surface area (Å²) in [5, 5.41) is 5.26. The predicted octanol–water partition coefficient (Wildman–Crippen LogP) is 2.90. The summed E-state index contributed by atoms with van der Waals surface area (Å²) >= 11 is 0. The molecule has 0 atom stereocenters. The number of hydrogen-bond donors (Lipinski definition) is 0. The summed E-state index contributed by atoms with van der Waals surface area (Å²) < 4.78 is 1.87. The van der Waals surface area contributed by atoms with Crippen LogP contribution in [0.1, 0.15) is 16.1 Å². The van der Waals surface area contributed by atoms with Crippen molar-refractivity contribution in [3.05, 3.63) is 65.9 Å². The zero-order valence-corrected chi connectivity index (χ0v) is 9.78. The van der Waals surface area contributed by atoms with Gasteiger partial charge in [-0.25, -0.2) is 0 Å². The van der Waals surface area contributed by atoms with Gasteiger partial charge in [0.2, 0.25) is 0 Å². The van der Waals surface area contributed by atoms with E-state index in [0.29, 0.717) is 12.2 Å². The number of carbonyl (C=O) groups is 1. The standard InChI is InChI=1S/C15H12N2O/c18-11-14-13-8-4-5-9-15(13)17(16-14)10-12-6-2-1-3-7-12/h1-9,11H,10H2. The first-order chi connectivity index (χ1) is 8.88. The van der Waals surface area contributed by atoms with E-state index in [1.807, 2.05) is 47.1 Å². The summed E-state index contributed by atoms with van der Waals surface area (Å²) in [6.45, 7) is 0.676. The minimum absolute atomic E-state index is 0.501. The molecule has 3 heteroatoms. The molecular weight excluding hydrogens is 224 g/mol.